The minimum Gasteiger partial charge on any atom is -0.390 e. The second-order valence-electron chi connectivity index (χ2n) is 5.72. The Morgan fingerprint density at radius 3 is 2.61 bits per heavy atom. The highest BCUT2D eigenvalue weighted by Crippen LogP contribution is 2.28. The summed E-state index contributed by atoms with van der Waals surface area (Å²) in [7, 11) is 0. The highest BCUT2D eigenvalue weighted by Gasteiger charge is 2.18. The van der Waals surface area contributed by atoms with Gasteiger partial charge in [-0.25, -0.2) is 4.68 Å². The lowest BCUT2D eigenvalue weighted by atomic mass is 9.85. The average molecular weight is 251 g/mol. The van der Waals surface area contributed by atoms with Crippen molar-refractivity contribution in [2.45, 2.75) is 71.4 Å². The minimum atomic E-state index is 0.00667. The zero-order valence-electron chi connectivity index (χ0n) is 11.6. The Hall–Kier alpha value is -0.900. The van der Waals surface area contributed by atoms with E-state index in [1.807, 2.05) is 4.68 Å². The molecule has 18 heavy (non-hydrogen) atoms. The highest BCUT2D eigenvalue weighted by molar-refractivity contribution is 5.10. The summed E-state index contributed by atoms with van der Waals surface area (Å²) >= 11 is 0. The summed E-state index contributed by atoms with van der Waals surface area (Å²) in [4.78, 5) is 0. The average Bonchev–Trinajstić information content (AvgIpc) is 2.80. The summed E-state index contributed by atoms with van der Waals surface area (Å²) in [5.74, 6) is 0.862. The Morgan fingerprint density at radius 1 is 1.28 bits per heavy atom. The van der Waals surface area contributed by atoms with Crippen LogP contribution >= 0.6 is 0 Å². The van der Waals surface area contributed by atoms with E-state index in [4.69, 9.17) is 0 Å². The van der Waals surface area contributed by atoms with E-state index in [1.54, 1.807) is 0 Å². The fourth-order valence-electron chi connectivity index (χ4n) is 2.96. The maximum Gasteiger partial charge on any atom is 0.111 e. The van der Waals surface area contributed by atoms with Crippen LogP contribution in [0.3, 0.4) is 0 Å². The first-order valence-electron chi connectivity index (χ1n) is 7.26. The molecule has 1 aromatic heterocycles. The molecule has 0 amide bonds. The summed E-state index contributed by atoms with van der Waals surface area (Å²) < 4.78 is 1.97. The quantitative estimate of drug-likeness (QED) is 0.875. The second-order valence-corrected chi connectivity index (χ2v) is 5.72. The predicted molar refractivity (Wildman–Crippen MR) is 71.2 cm³/mol. The maximum absolute atomic E-state index is 9.33. The summed E-state index contributed by atoms with van der Waals surface area (Å²) in [6.45, 7) is 4.23. The van der Waals surface area contributed by atoms with Crippen molar-refractivity contribution in [1.82, 2.24) is 15.0 Å². The van der Waals surface area contributed by atoms with Gasteiger partial charge in [-0.15, -0.1) is 5.10 Å². The molecular weight excluding hydrogens is 226 g/mol. The Kier molecular flexibility index (Phi) is 4.75. The number of hydrogen-bond acceptors (Lipinski definition) is 3. The number of aliphatic hydroxyl groups is 1. The lowest BCUT2D eigenvalue weighted by molar-refractivity contribution is 0.274. The molecule has 4 nitrogen and oxygen atoms in total. The standard InChI is InChI=1S/C14H25N3O/c1-11(2)17-14(13(10-18)15-16-17)9-8-12-6-4-3-5-7-12/h11-12,18H,3-10H2,1-2H3. The molecule has 1 saturated carbocycles. The molecule has 2 rings (SSSR count). The molecule has 0 bridgehead atoms. The van der Waals surface area contributed by atoms with Gasteiger partial charge in [-0.2, -0.15) is 0 Å². The molecule has 0 atom stereocenters. The SMILES string of the molecule is CC(C)n1nnc(CO)c1CCC1CCCCC1. The van der Waals surface area contributed by atoms with Gasteiger partial charge in [0.05, 0.1) is 12.3 Å². The van der Waals surface area contributed by atoms with Crippen molar-refractivity contribution in [3.63, 3.8) is 0 Å². The molecule has 1 heterocycles. The van der Waals surface area contributed by atoms with Crippen LogP contribution in [0.15, 0.2) is 0 Å². The van der Waals surface area contributed by atoms with Crippen LogP contribution in [-0.4, -0.2) is 20.1 Å². The molecule has 102 valence electrons. The van der Waals surface area contributed by atoms with Crippen molar-refractivity contribution in [2.75, 3.05) is 0 Å². The largest absolute Gasteiger partial charge is 0.390 e. The van der Waals surface area contributed by atoms with Crippen LogP contribution in [0.4, 0.5) is 0 Å². The molecule has 0 saturated heterocycles. The molecule has 4 heteroatoms. The van der Waals surface area contributed by atoms with Gasteiger partial charge in [-0.1, -0.05) is 37.3 Å². The zero-order valence-corrected chi connectivity index (χ0v) is 11.6. The molecule has 1 fully saturated rings. The predicted octanol–water partition coefficient (Wildman–Crippen LogP) is 2.86. The van der Waals surface area contributed by atoms with Crippen molar-refractivity contribution in [3.05, 3.63) is 11.4 Å². The van der Waals surface area contributed by atoms with Crippen molar-refractivity contribution >= 4 is 0 Å². The summed E-state index contributed by atoms with van der Waals surface area (Å²) in [6.07, 6.45) is 9.15. The van der Waals surface area contributed by atoms with Gasteiger partial charge in [-0.3, -0.25) is 0 Å². The fourth-order valence-corrected chi connectivity index (χ4v) is 2.96. The molecule has 0 spiro atoms. The van der Waals surface area contributed by atoms with E-state index in [1.165, 1.54) is 38.5 Å². The van der Waals surface area contributed by atoms with Gasteiger partial charge in [0.1, 0.15) is 5.69 Å². The van der Waals surface area contributed by atoms with Crippen molar-refractivity contribution < 1.29 is 5.11 Å². The number of hydrogen-bond donors (Lipinski definition) is 1. The van der Waals surface area contributed by atoms with Crippen molar-refractivity contribution in [1.29, 1.82) is 0 Å². The summed E-state index contributed by atoms with van der Waals surface area (Å²) in [6, 6.07) is 0.319. The zero-order chi connectivity index (χ0) is 13.0. The Bertz CT molecular complexity index is 367. The van der Waals surface area contributed by atoms with E-state index in [0.29, 0.717) is 6.04 Å². The Labute approximate surface area is 109 Å². The van der Waals surface area contributed by atoms with Crippen molar-refractivity contribution in [3.8, 4) is 0 Å². The third-order valence-corrected chi connectivity index (χ3v) is 4.02. The number of rotatable bonds is 5. The molecule has 0 aliphatic heterocycles. The third kappa shape index (κ3) is 3.10. The number of aromatic nitrogens is 3. The van der Waals surface area contributed by atoms with E-state index in [-0.39, 0.29) is 6.61 Å². The molecule has 1 aromatic rings. The molecule has 1 aliphatic carbocycles. The molecule has 0 unspecified atom stereocenters. The molecule has 0 radical (unpaired) electrons. The van der Waals surface area contributed by atoms with E-state index in [0.717, 1.165) is 23.7 Å². The topological polar surface area (TPSA) is 50.9 Å². The van der Waals surface area contributed by atoms with Crippen molar-refractivity contribution in [2.24, 2.45) is 5.92 Å². The van der Waals surface area contributed by atoms with Crippen LogP contribution < -0.4 is 0 Å². The van der Waals surface area contributed by atoms with Gasteiger partial charge in [-0.05, 0) is 32.6 Å². The van der Waals surface area contributed by atoms with Gasteiger partial charge in [0, 0.05) is 6.04 Å². The van der Waals surface area contributed by atoms with Crippen LogP contribution in [0.5, 0.6) is 0 Å². The second kappa shape index (κ2) is 6.32. The van der Waals surface area contributed by atoms with Gasteiger partial charge in [0.2, 0.25) is 0 Å². The molecular formula is C14H25N3O. The molecule has 1 aliphatic rings. The number of aliphatic hydroxyl groups excluding tert-OH is 1. The lowest BCUT2D eigenvalue weighted by Crippen LogP contribution is -2.12. The lowest BCUT2D eigenvalue weighted by Gasteiger charge is -2.21. The first kappa shape index (κ1) is 13.5. The van der Waals surface area contributed by atoms with Crippen LogP contribution in [0, 0.1) is 5.92 Å². The monoisotopic (exact) mass is 251 g/mol. The first-order valence-corrected chi connectivity index (χ1v) is 7.26. The van der Waals surface area contributed by atoms with Crippen LogP contribution in [0.1, 0.15) is 69.8 Å². The highest BCUT2D eigenvalue weighted by atomic mass is 16.3. The van der Waals surface area contributed by atoms with Gasteiger partial charge in [0.25, 0.3) is 0 Å². The maximum atomic E-state index is 9.33. The molecule has 1 N–H and O–H groups in total. The van der Waals surface area contributed by atoms with E-state index in [2.05, 4.69) is 24.2 Å². The summed E-state index contributed by atoms with van der Waals surface area (Å²) in [5.41, 5.74) is 1.90. The fraction of sp³-hybridized carbons (Fsp3) is 0.857. The first-order chi connectivity index (χ1) is 8.72. The van der Waals surface area contributed by atoms with Crippen LogP contribution in [0.2, 0.25) is 0 Å². The van der Waals surface area contributed by atoms with E-state index >= 15 is 0 Å². The third-order valence-electron chi connectivity index (χ3n) is 4.02. The van der Waals surface area contributed by atoms with E-state index < -0.39 is 0 Å². The number of nitrogens with zero attached hydrogens (tertiary/aromatic N) is 3. The molecule has 0 aromatic carbocycles. The van der Waals surface area contributed by atoms with Crippen LogP contribution in [0.25, 0.3) is 0 Å². The Morgan fingerprint density at radius 2 is 2.00 bits per heavy atom. The van der Waals surface area contributed by atoms with Crippen LogP contribution in [-0.2, 0) is 13.0 Å². The smallest absolute Gasteiger partial charge is 0.111 e. The minimum absolute atomic E-state index is 0.00667. The Balaban J connectivity index is 2.00. The normalized spacial score (nSPS) is 17.6. The van der Waals surface area contributed by atoms with Gasteiger partial charge < -0.3 is 5.11 Å². The van der Waals surface area contributed by atoms with Gasteiger partial charge >= 0.3 is 0 Å². The summed E-state index contributed by atoms with van der Waals surface area (Å²) in [5, 5.41) is 17.6. The van der Waals surface area contributed by atoms with E-state index in [9.17, 15) is 5.11 Å². The van der Waals surface area contributed by atoms with Gasteiger partial charge in [0.15, 0.2) is 0 Å².